The van der Waals surface area contributed by atoms with Crippen LogP contribution in [-0.2, 0) is 9.53 Å². The predicted molar refractivity (Wildman–Crippen MR) is 51.4 cm³/mol. The summed E-state index contributed by atoms with van der Waals surface area (Å²) in [4.78, 5) is 11.2. The van der Waals surface area contributed by atoms with Gasteiger partial charge in [-0.2, -0.15) is 0 Å². The zero-order chi connectivity index (χ0) is 9.68. The highest BCUT2D eigenvalue weighted by Gasteiger charge is 2.24. The molecule has 1 atom stereocenters. The molecule has 0 radical (unpaired) electrons. The molecular formula is C10H19NO2. The Morgan fingerprint density at radius 3 is 2.77 bits per heavy atom. The van der Waals surface area contributed by atoms with E-state index in [2.05, 4.69) is 12.2 Å². The topological polar surface area (TPSA) is 38.3 Å². The van der Waals surface area contributed by atoms with Crippen molar-refractivity contribution >= 4 is 5.91 Å². The molecule has 1 aliphatic rings. The number of hydrogen-bond acceptors (Lipinski definition) is 2. The van der Waals surface area contributed by atoms with Crippen LogP contribution in [-0.4, -0.2) is 25.2 Å². The second kappa shape index (κ2) is 5.22. The number of amides is 1. The third-order valence-corrected chi connectivity index (χ3v) is 2.68. The number of carbonyl (C=O) groups is 1. The molecule has 76 valence electrons. The number of nitrogens with one attached hydrogen (secondary N) is 1. The fourth-order valence-corrected chi connectivity index (χ4v) is 1.55. The second-order valence-electron chi connectivity index (χ2n) is 3.68. The lowest BCUT2D eigenvalue weighted by Crippen LogP contribution is -2.42. The van der Waals surface area contributed by atoms with Crippen LogP contribution in [0.3, 0.4) is 0 Å². The monoisotopic (exact) mass is 185 g/mol. The first kappa shape index (κ1) is 10.5. The third-order valence-electron chi connectivity index (χ3n) is 2.68. The lowest BCUT2D eigenvalue weighted by molar-refractivity contribution is -0.126. The van der Waals surface area contributed by atoms with Crippen molar-refractivity contribution in [2.75, 3.05) is 13.2 Å². The molecule has 1 N–H and O–H groups in total. The molecule has 0 spiro atoms. The molecule has 3 heteroatoms. The van der Waals surface area contributed by atoms with Gasteiger partial charge in [-0.25, -0.2) is 0 Å². The largest absolute Gasteiger partial charge is 0.372 e. The maximum absolute atomic E-state index is 11.2. The van der Waals surface area contributed by atoms with Crippen molar-refractivity contribution in [1.82, 2.24) is 5.32 Å². The third kappa shape index (κ3) is 3.35. The SMILES string of the molecule is CCOCC(=O)NC(C)C1CCC1. The van der Waals surface area contributed by atoms with Gasteiger partial charge in [-0.05, 0) is 32.6 Å². The normalized spacial score (nSPS) is 19.2. The van der Waals surface area contributed by atoms with Crippen LogP contribution in [0.1, 0.15) is 33.1 Å². The Morgan fingerprint density at radius 1 is 1.62 bits per heavy atom. The van der Waals surface area contributed by atoms with Gasteiger partial charge in [0.2, 0.25) is 5.91 Å². The van der Waals surface area contributed by atoms with E-state index in [1.54, 1.807) is 0 Å². The van der Waals surface area contributed by atoms with Crippen molar-refractivity contribution in [2.24, 2.45) is 5.92 Å². The molecule has 1 rings (SSSR count). The summed E-state index contributed by atoms with van der Waals surface area (Å²) in [5, 5.41) is 2.95. The highest BCUT2D eigenvalue weighted by Crippen LogP contribution is 2.29. The van der Waals surface area contributed by atoms with Crippen LogP contribution < -0.4 is 5.32 Å². The van der Waals surface area contributed by atoms with E-state index >= 15 is 0 Å². The van der Waals surface area contributed by atoms with Gasteiger partial charge in [0.25, 0.3) is 0 Å². The van der Waals surface area contributed by atoms with Crippen LogP contribution in [0.2, 0.25) is 0 Å². The van der Waals surface area contributed by atoms with Crippen LogP contribution in [0.15, 0.2) is 0 Å². The van der Waals surface area contributed by atoms with Gasteiger partial charge in [-0.3, -0.25) is 4.79 Å². The molecule has 0 aliphatic heterocycles. The van der Waals surface area contributed by atoms with E-state index < -0.39 is 0 Å². The lowest BCUT2D eigenvalue weighted by Gasteiger charge is -2.31. The smallest absolute Gasteiger partial charge is 0.246 e. The minimum Gasteiger partial charge on any atom is -0.372 e. The Hall–Kier alpha value is -0.570. The van der Waals surface area contributed by atoms with E-state index in [9.17, 15) is 4.79 Å². The van der Waals surface area contributed by atoms with Crippen LogP contribution in [0.25, 0.3) is 0 Å². The average molecular weight is 185 g/mol. The first-order valence-electron chi connectivity index (χ1n) is 5.11. The first-order chi connectivity index (χ1) is 6.24. The molecule has 0 aromatic rings. The molecule has 0 aromatic heterocycles. The molecule has 1 fully saturated rings. The highest BCUT2D eigenvalue weighted by atomic mass is 16.5. The van der Waals surface area contributed by atoms with Gasteiger partial charge in [0.15, 0.2) is 0 Å². The Kier molecular flexibility index (Phi) is 4.22. The van der Waals surface area contributed by atoms with E-state index in [0.29, 0.717) is 18.6 Å². The minimum absolute atomic E-state index is 0.0150. The van der Waals surface area contributed by atoms with Gasteiger partial charge >= 0.3 is 0 Å². The summed E-state index contributed by atoms with van der Waals surface area (Å²) in [6.45, 7) is 4.77. The van der Waals surface area contributed by atoms with Crippen molar-refractivity contribution < 1.29 is 9.53 Å². The standard InChI is InChI=1S/C10H19NO2/c1-3-13-7-10(12)11-8(2)9-5-4-6-9/h8-9H,3-7H2,1-2H3,(H,11,12). The van der Waals surface area contributed by atoms with Crippen LogP contribution in [0.5, 0.6) is 0 Å². The van der Waals surface area contributed by atoms with Gasteiger partial charge in [0.05, 0.1) is 0 Å². The minimum atomic E-state index is 0.0150. The zero-order valence-corrected chi connectivity index (χ0v) is 8.51. The summed E-state index contributed by atoms with van der Waals surface area (Å²) < 4.78 is 5.02. The average Bonchev–Trinajstić information content (AvgIpc) is 1.97. The summed E-state index contributed by atoms with van der Waals surface area (Å²) in [5.41, 5.74) is 0. The Morgan fingerprint density at radius 2 is 2.31 bits per heavy atom. The zero-order valence-electron chi connectivity index (χ0n) is 8.51. The molecule has 0 heterocycles. The summed E-state index contributed by atoms with van der Waals surface area (Å²) in [5.74, 6) is 0.715. The fraction of sp³-hybridized carbons (Fsp3) is 0.900. The molecule has 1 amide bonds. The quantitative estimate of drug-likeness (QED) is 0.701. The van der Waals surface area contributed by atoms with E-state index in [-0.39, 0.29) is 12.5 Å². The second-order valence-corrected chi connectivity index (χ2v) is 3.68. The van der Waals surface area contributed by atoms with Crippen molar-refractivity contribution in [3.05, 3.63) is 0 Å². The number of hydrogen-bond donors (Lipinski definition) is 1. The van der Waals surface area contributed by atoms with Crippen molar-refractivity contribution in [3.63, 3.8) is 0 Å². The number of ether oxygens (including phenoxy) is 1. The number of carbonyl (C=O) groups excluding carboxylic acids is 1. The summed E-state index contributed by atoms with van der Waals surface area (Å²) >= 11 is 0. The highest BCUT2D eigenvalue weighted by molar-refractivity contribution is 5.77. The predicted octanol–water partition coefficient (Wildman–Crippen LogP) is 1.33. The molecule has 0 aromatic carbocycles. The molecular weight excluding hydrogens is 166 g/mol. The Bertz CT molecular complexity index is 166. The maximum Gasteiger partial charge on any atom is 0.246 e. The van der Waals surface area contributed by atoms with Crippen LogP contribution in [0, 0.1) is 5.92 Å². The lowest BCUT2D eigenvalue weighted by atomic mass is 9.80. The molecule has 1 unspecified atom stereocenters. The van der Waals surface area contributed by atoms with E-state index in [1.807, 2.05) is 6.92 Å². The summed E-state index contributed by atoms with van der Waals surface area (Å²) in [6, 6.07) is 0.321. The number of rotatable bonds is 5. The van der Waals surface area contributed by atoms with E-state index in [4.69, 9.17) is 4.74 Å². The maximum atomic E-state index is 11.2. The van der Waals surface area contributed by atoms with Gasteiger partial charge < -0.3 is 10.1 Å². The van der Waals surface area contributed by atoms with E-state index in [0.717, 1.165) is 0 Å². The molecule has 0 saturated heterocycles. The Balaban J connectivity index is 2.11. The fourth-order valence-electron chi connectivity index (χ4n) is 1.55. The van der Waals surface area contributed by atoms with Crippen LogP contribution in [0.4, 0.5) is 0 Å². The van der Waals surface area contributed by atoms with Crippen molar-refractivity contribution in [1.29, 1.82) is 0 Å². The molecule has 1 saturated carbocycles. The molecule has 0 bridgehead atoms. The molecule has 13 heavy (non-hydrogen) atoms. The van der Waals surface area contributed by atoms with E-state index in [1.165, 1.54) is 19.3 Å². The van der Waals surface area contributed by atoms with Crippen LogP contribution >= 0.6 is 0 Å². The van der Waals surface area contributed by atoms with Gasteiger partial charge in [0, 0.05) is 12.6 Å². The van der Waals surface area contributed by atoms with Gasteiger partial charge in [-0.1, -0.05) is 6.42 Å². The van der Waals surface area contributed by atoms with Gasteiger partial charge in [0.1, 0.15) is 6.61 Å². The van der Waals surface area contributed by atoms with Crippen molar-refractivity contribution in [2.45, 2.75) is 39.2 Å². The van der Waals surface area contributed by atoms with Crippen molar-refractivity contribution in [3.8, 4) is 0 Å². The Labute approximate surface area is 79.8 Å². The summed E-state index contributed by atoms with van der Waals surface area (Å²) in [6.07, 6.45) is 3.84. The molecule has 3 nitrogen and oxygen atoms in total. The first-order valence-corrected chi connectivity index (χ1v) is 5.11. The molecule has 1 aliphatic carbocycles. The van der Waals surface area contributed by atoms with Gasteiger partial charge in [-0.15, -0.1) is 0 Å². The summed E-state index contributed by atoms with van der Waals surface area (Å²) in [7, 11) is 0.